The summed E-state index contributed by atoms with van der Waals surface area (Å²) in [6.45, 7) is 0.822. The molecular weight excluding hydrogens is 284 g/mol. The van der Waals surface area contributed by atoms with Gasteiger partial charge in [0, 0.05) is 31.9 Å². The Bertz CT molecular complexity index is 727. The molecule has 3 aromatic rings. The number of aromatic nitrogens is 3. The third-order valence-electron chi connectivity index (χ3n) is 3.23. The summed E-state index contributed by atoms with van der Waals surface area (Å²) in [5, 5.41) is 3.05. The van der Waals surface area contributed by atoms with Gasteiger partial charge in [-0.15, -0.1) is 11.3 Å². The molecule has 3 rings (SSSR count). The minimum atomic E-state index is 0.435. The van der Waals surface area contributed by atoms with Crippen LogP contribution < -0.4 is 16.2 Å². The van der Waals surface area contributed by atoms with E-state index >= 15 is 0 Å². The lowest BCUT2D eigenvalue weighted by atomic mass is 10.2. The maximum Gasteiger partial charge on any atom is 0.240 e. The number of likely N-dealkylation sites (N-methyl/N-ethyl adjacent to an activating group) is 1. The van der Waals surface area contributed by atoms with Crippen molar-refractivity contribution >= 4 is 33.3 Å². The van der Waals surface area contributed by atoms with Crippen LogP contribution in [0.15, 0.2) is 35.8 Å². The molecule has 0 fully saturated rings. The van der Waals surface area contributed by atoms with E-state index in [0.29, 0.717) is 5.95 Å². The van der Waals surface area contributed by atoms with E-state index < -0.39 is 0 Å². The van der Waals surface area contributed by atoms with Gasteiger partial charge >= 0.3 is 0 Å². The van der Waals surface area contributed by atoms with Crippen LogP contribution in [0.5, 0.6) is 0 Å². The van der Waals surface area contributed by atoms with E-state index in [4.69, 9.17) is 5.84 Å². The Hall–Kier alpha value is -2.25. The lowest BCUT2D eigenvalue weighted by Gasteiger charge is -2.19. The molecule has 0 bridgehead atoms. The number of fused-ring (bicyclic) bond motifs is 1. The zero-order valence-electron chi connectivity index (χ0n) is 11.7. The summed E-state index contributed by atoms with van der Waals surface area (Å²) in [7, 11) is 2.02. The van der Waals surface area contributed by atoms with Crippen LogP contribution in [0.4, 0.5) is 11.8 Å². The Morgan fingerprint density at radius 3 is 2.95 bits per heavy atom. The highest BCUT2D eigenvalue weighted by atomic mass is 32.1. The fourth-order valence-corrected chi connectivity index (χ4v) is 2.89. The minimum absolute atomic E-state index is 0.435. The van der Waals surface area contributed by atoms with Crippen LogP contribution in [0.3, 0.4) is 0 Å². The number of nitrogens with one attached hydrogen (secondary N) is 1. The third-order valence-corrected chi connectivity index (χ3v) is 4.03. The molecule has 3 heterocycles. The molecule has 0 spiro atoms. The van der Waals surface area contributed by atoms with E-state index in [0.717, 1.165) is 34.7 Å². The quantitative estimate of drug-likeness (QED) is 0.554. The smallest absolute Gasteiger partial charge is 0.240 e. The molecule has 0 amide bonds. The van der Waals surface area contributed by atoms with Crippen molar-refractivity contribution in [2.75, 3.05) is 23.9 Å². The van der Waals surface area contributed by atoms with Crippen LogP contribution in [0.25, 0.3) is 10.2 Å². The molecule has 0 aromatic carbocycles. The topological polar surface area (TPSA) is 80.0 Å². The van der Waals surface area contributed by atoms with E-state index in [-0.39, 0.29) is 0 Å². The predicted octanol–water partition coefficient (Wildman–Crippen LogP) is 2.05. The monoisotopic (exact) mass is 300 g/mol. The van der Waals surface area contributed by atoms with Gasteiger partial charge in [-0.1, -0.05) is 6.07 Å². The second-order valence-electron chi connectivity index (χ2n) is 4.65. The van der Waals surface area contributed by atoms with Crippen molar-refractivity contribution in [1.29, 1.82) is 0 Å². The van der Waals surface area contributed by atoms with Gasteiger partial charge in [0.2, 0.25) is 5.95 Å². The average Bonchev–Trinajstić information content (AvgIpc) is 3.01. The number of nitrogens with two attached hydrogens (primary N) is 1. The normalized spacial score (nSPS) is 10.8. The molecule has 0 unspecified atom stereocenters. The fourth-order valence-electron chi connectivity index (χ4n) is 2.13. The molecule has 0 atom stereocenters. The number of nitrogens with zero attached hydrogens (tertiary/aromatic N) is 4. The second-order valence-corrected chi connectivity index (χ2v) is 5.54. The van der Waals surface area contributed by atoms with E-state index in [9.17, 15) is 0 Å². The molecule has 6 nitrogen and oxygen atoms in total. The first-order chi connectivity index (χ1) is 10.3. The van der Waals surface area contributed by atoms with Crippen LogP contribution in [-0.2, 0) is 6.42 Å². The van der Waals surface area contributed by atoms with Gasteiger partial charge in [-0.05, 0) is 23.6 Å². The van der Waals surface area contributed by atoms with Crippen LogP contribution in [0, 0.1) is 0 Å². The Morgan fingerprint density at radius 1 is 1.29 bits per heavy atom. The number of nitrogen functional groups attached to an aromatic ring is 1. The Morgan fingerprint density at radius 2 is 2.19 bits per heavy atom. The first-order valence-electron chi connectivity index (χ1n) is 6.61. The van der Waals surface area contributed by atoms with Crippen LogP contribution in [-0.4, -0.2) is 28.5 Å². The maximum atomic E-state index is 5.44. The molecule has 0 saturated heterocycles. The Balaban J connectivity index is 1.83. The fraction of sp³-hybridized carbons (Fsp3) is 0.214. The summed E-state index contributed by atoms with van der Waals surface area (Å²) in [5.41, 5.74) is 3.59. The first-order valence-corrected chi connectivity index (χ1v) is 7.49. The Labute approximate surface area is 126 Å². The number of pyridine rings is 1. The number of anilines is 2. The van der Waals surface area contributed by atoms with Crippen molar-refractivity contribution in [3.63, 3.8) is 0 Å². The number of hydrazine groups is 1. The molecule has 3 aromatic heterocycles. The van der Waals surface area contributed by atoms with Gasteiger partial charge in [0.05, 0.1) is 5.39 Å². The minimum Gasteiger partial charge on any atom is -0.359 e. The van der Waals surface area contributed by atoms with Crippen LogP contribution in [0.2, 0.25) is 0 Å². The third kappa shape index (κ3) is 2.93. The number of hydrogen-bond acceptors (Lipinski definition) is 7. The molecule has 7 heteroatoms. The van der Waals surface area contributed by atoms with Crippen molar-refractivity contribution in [2.45, 2.75) is 6.42 Å². The van der Waals surface area contributed by atoms with Gasteiger partial charge < -0.3 is 4.90 Å². The molecular formula is C14H16N6S. The zero-order valence-corrected chi connectivity index (χ0v) is 12.5. The van der Waals surface area contributed by atoms with Crippen molar-refractivity contribution in [3.05, 3.63) is 41.5 Å². The number of rotatable bonds is 5. The van der Waals surface area contributed by atoms with E-state index in [1.807, 2.05) is 42.9 Å². The number of thiophene rings is 1. The second kappa shape index (κ2) is 6.02. The number of hydrogen-bond donors (Lipinski definition) is 2. The van der Waals surface area contributed by atoms with Crippen molar-refractivity contribution in [2.24, 2.45) is 5.84 Å². The predicted molar refractivity (Wildman–Crippen MR) is 86.4 cm³/mol. The molecule has 0 saturated carbocycles. The van der Waals surface area contributed by atoms with Gasteiger partial charge in [-0.25, -0.2) is 10.8 Å². The molecule has 21 heavy (non-hydrogen) atoms. The van der Waals surface area contributed by atoms with Crippen LogP contribution >= 0.6 is 11.3 Å². The lowest BCUT2D eigenvalue weighted by molar-refractivity contribution is 0.841. The molecule has 3 N–H and O–H groups in total. The summed E-state index contributed by atoms with van der Waals surface area (Å²) in [4.78, 5) is 16.2. The molecule has 0 radical (unpaired) electrons. The average molecular weight is 300 g/mol. The maximum absolute atomic E-state index is 5.44. The van der Waals surface area contributed by atoms with Gasteiger partial charge in [-0.2, -0.15) is 4.98 Å². The summed E-state index contributed by atoms with van der Waals surface area (Å²) in [5.74, 6) is 6.76. The van der Waals surface area contributed by atoms with Crippen molar-refractivity contribution in [3.8, 4) is 0 Å². The van der Waals surface area contributed by atoms with Crippen LogP contribution in [0.1, 0.15) is 5.69 Å². The van der Waals surface area contributed by atoms with Crippen molar-refractivity contribution < 1.29 is 0 Å². The highest BCUT2D eigenvalue weighted by molar-refractivity contribution is 7.16. The van der Waals surface area contributed by atoms with E-state index in [1.54, 1.807) is 11.3 Å². The summed E-state index contributed by atoms with van der Waals surface area (Å²) in [6, 6.07) is 7.99. The summed E-state index contributed by atoms with van der Waals surface area (Å²) >= 11 is 1.58. The van der Waals surface area contributed by atoms with Gasteiger partial charge in [0.1, 0.15) is 10.6 Å². The standard InChI is InChI=1S/C14H16N6S/c1-20(8-5-10-4-2-3-7-16-10)12-11-6-9-21-13(11)18-14(17-12)19-15/h2-4,6-7,9H,5,8,15H2,1H3,(H,17,18,19). The van der Waals surface area contributed by atoms with Crippen molar-refractivity contribution in [1.82, 2.24) is 15.0 Å². The largest absolute Gasteiger partial charge is 0.359 e. The van der Waals surface area contributed by atoms with E-state index in [2.05, 4.69) is 25.3 Å². The van der Waals surface area contributed by atoms with E-state index in [1.165, 1.54) is 0 Å². The summed E-state index contributed by atoms with van der Waals surface area (Å²) < 4.78 is 0. The first kappa shape index (κ1) is 13.7. The highest BCUT2D eigenvalue weighted by Gasteiger charge is 2.12. The SMILES string of the molecule is CN(CCc1ccccn1)c1nc(NN)nc2sccc12. The molecule has 0 aliphatic carbocycles. The van der Waals surface area contributed by atoms with Gasteiger partial charge in [0.25, 0.3) is 0 Å². The summed E-state index contributed by atoms with van der Waals surface area (Å²) in [6.07, 6.45) is 2.67. The molecule has 108 valence electrons. The van der Waals surface area contributed by atoms with Gasteiger partial charge in [0.15, 0.2) is 0 Å². The molecule has 0 aliphatic heterocycles. The zero-order chi connectivity index (χ0) is 14.7. The lowest BCUT2D eigenvalue weighted by Crippen LogP contribution is -2.23. The molecule has 0 aliphatic rings. The van der Waals surface area contributed by atoms with Gasteiger partial charge in [-0.3, -0.25) is 10.4 Å². The Kier molecular flexibility index (Phi) is 3.94. The highest BCUT2D eigenvalue weighted by Crippen LogP contribution is 2.28.